The molecule has 0 aliphatic heterocycles. The summed E-state index contributed by atoms with van der Waals surface area (Å²) in [5.74, 6) is -0.0997. The standard InChI is InChI=1S/C24H19ClN2O2/c25-18-11-6-12-19(16-18)27-24(28)23-22(20-13-4-5-14-21(20)29-23)26-15-7-10-17-8-2-1-3-9-17/h1-14,16,26H,15H2,(H,27,28)/b10-7+. The Balaban J connectivity index is 1.57. The normalized spacial score (nSPS) is 11.1. The van der Waals surface area contributed by atoms with Crippen LogP contribution in [0, 0.1) is 0 Å². The van der Waals surface area contributed by atoms with E-state index in [1.54, 1.807) is 24.3 Å². The van der Waals surface area contributed by atoms with Crippen LogP contribution in [0.5, 0.6) is 0 Å². The van der Waals surface area contributed by atoms with E-state index in [9.17, 15) is 4.79 Å². The number of rotatable bonds is 6. The molecule has 1 amide bonds. The van der Waals surface area contributed by atoms with Crippen molar-refractivity contribution < 1.29 is 9.21 Å². The van der Waals surface area contributed by atoms with Gasteiger partial charge >= 0.3 is 0 Å². The summed E-state index contributed by atoms with van der Waals surface area (Å²) in [6.45, 7) is 0.551. The Labute approximate surface area is 173 Å². The van der Waals surface area contributed by atoms with Gasteiger partial charge in [0.1, 0.15) is 5.58 Å². The Morgan fingerprint density at radius 3 is 2.59 bits per heavy atom. The lowest BCUT2D eigenvalue weighted by Crippen LogP contribution is -2.13. The predicted octanol–water partition coefficient (Wildman–Crippen LogP) is 6.46. The second-order valence-corrected chi connectivity index (χ2v) is 6.90. The lowest BCUT2D eigenvalue weighted by atomic mass is 10.2. The molecule has 2 N–H and O–H groups in total. The number of nitrogens with one attached hydrogen (secondary N) is 2. The van der Waals surface area contributed by atoms with E-state index in [0.717, 1.165) is 10.9 Å². The minimum absolute atomic E-state index is 0.235. The highest BCUT2D eigenvalue weighted by atomic mass is 35.5. The molecule has 1 heterocycles. The van der Waals surface area contributed by atoms with E-state index in [0.29, 0.717) is 28.5 Å². The number of benzene rings is 3. The molecule has 0 unspecified atom stereocenters. The van der Waals surface area contributed by atoms with Crippen molar-refractivity contribution in [2.75, 3.05) is 17.2 Å². The van der Waals surface area contributed by atoms with Crippen LogP contribution in [0.4, 0.5) is 11.4 Å². The first-order valence-electron chi connectivity index (χ1n) is 9.24. The molecule has 4 nitrogen and oxygen atoms in total. The molecule has 4 aromatic rings. The fraction of sp³-hybridized carbons (Fsp3) is 0.0417. The molecule has 0 aliphatic rings. The fourth-order valence-corrected chi connectivity index (χ4v) is 3.25. The fourth-order valence-electron chi connectivity index (χ4n) is 3.06. The van der Waals surface area contributed by atoms with Crippen molar-refractivity contribution in [2.24, 2.45) is 0 Å². The van der Waals surface area contributed by atoms with E-state index in [4.69, 9.17) is 16.0 Å². The van der Waals surface area contributed by atoms with Crippen molar-refractivity contribution in [1.82, 2.24) is 0 Å². The molecule has 0 saturated heterocycles. The van der Waals surface area contributed by atoms with Crippen molar-refractivity contribution in [2.45, 2.75) is 0 Å². The summed E-state index contributed by atoms with van der Waals surface area (Å²) >= 11 is 6.01. The summed E-state index contributed by atoms with van der Waals surface area (Å²) in [7, 11) is 0. The van der Waals surface area contributed by atoms with Crippen molar-refractivity contribution in [3.8, 4) is 0 Å². The Kier molecular flexibility index (Phi) is 5.63. The van der Waals surface area contributed by atoms with Crippen molar-refractivity contribution in [1.29, 1.82) is 0 Å². The van der Waals surface area contributed by atoms with Gasteiger partial charge in [0.25, 0.3) is 5.91 Å². The van der Waals surface area contributed by atoms with Crippen LogP contribution in [0.25, 0.3) is 17.0 Å². The number of para-hydroxylation sites is 1. The van der Waals surface area contributed by atoms with Crippen molar-refractivity contribution in [3.63, 3.8) is 0 Å². The summed E-state index contributed by atoms with van der Waals surface area (Å²) < 4.78 is 5.85. The van der Waals surface area contributed by atoms with E-state index >= 15 is 0 Å². The van der Waals surface area contributed by atoms with Crippen molar-refractivity contribution in [3.05, 3.63) is 101 Å². The number of carbonyl (C=O) groups is 1. The average Bonchev–Trinajstić information content (AvgIpc) is 3.11. The zero-order valence-electron chi connectivity index (χ0n) is 15.6. The van der Waals surface area contributed by atoms with Gasteiger partial charge in [-0.15, -0.1) is 0 Å². The predicted molar refractivity (Wildman–Crippen MR) is 120 cm³/mol. The highest BCUT2D eigenvalue weighted by molar-refractivity contribution is 6.31. The van der Waals surface area contributed by atoms with E-state index in [-0.39, 0.29) is 11.7 Å². The molecule has 3 aromatic carbocycles. The summed E-state index contributed by atoms with van der Waals surface area (Å²) in [4.78, 5) is 12.9. The molecule has 0 atom stereocenters. The summed E-state index contributed by atoms with van der Waals surface area (Å²) in [6, 6.07) is 24.6. The van der Waals surface area contributed by atoms with Crippen LogP contribution >= 0.6 is 11.6 Å². The molecule has 144 valence electrons. The van der Waals surface area contributed by atoms with Gasteiger partial charge in [-0.2, -0.15) is 0 Å². The minimum atomic E-state index is -0.335. The van der Waals surface area contributed by atoms with Gasteiger partial charge in [-0.05, 0) is 35.9 Å². The van der Waals surface area contributed by atoms with Crippen molar-refractivity contribution >= 4 is 45.9 Å². The molecule has 1 aromatic heterocycles. The molecule has 0 spiro atoms. The number of carbonyl (C=O) groups excluding carboxylic acids is 1. The lowest BCUT2D eigenvalue weighted by Gasteiger charge is -2.07. The van der Waals surface area contributed by atoms with Crippen LogP contribution in [0.15, 0.2) is 89.4 Å². The van der Waals surface area contributed by atoms with Crippen LogP contribution in [0.2, 0.25) is 5.02 Å². The molecule has 0 radical (unpaired) electrons. The maximum Gasteiger partial charge on any atom is 0.293 e. The molecular weight excluding hydrogens is 384 g/mol. The van der Waals surface area contributed by atoms with Gasteiger partial charge in [-0.1, -0.05) is 72.3 Å². The Hall–Kier alpha value is -3.50. The average molecular weight is 403 g/mol. The Morgan fingerprint density at radius 2 is 1.76 bits per heavy atom. The first kappa shape index (κ1) is 18.8. The second kappa shape index (κ2) is 8.67. The monoisotopic (exact) mass is 402 g/mol. The summed E-state index contributed by atoms with van der Waals surface area (Å²) in [5, 5.41) is 7.57. The molecule has 0 bridgehead atoms. The first-order chi connectivity index (χ1) is 14.2. The molecular formula is C24H19ClN2O2. The van der Waals surface area contributed by atoms with Crippen LogP contribution in [0.1, 0.15) is 16.1 Å². The Bertz CT molecular complexity index is 1170. The van der Waals surface area contributed by atoms with Gasteiger partial charge in [0.2, 0.25) is 5.76 Å². The third-order valence-electron chi connectivity index (χ3n) is 4.39. The van der Waals surface area contributed by atoms with Gasteiger partial charge in [-0.3, -0.25) is 4.79 Å². The first-order valence-corrected chi connectivity index (χ1v) is 9.62. The number of hydrogen-bond acceptors (Lipinski definition) is 3. The lowest BCUT2D eigenvalue weighted by molar-refractivity contribution is 0.0999. The minimum Gasteiger partial charge on any atom is -0.449 e. The summed E-state index contributed by atoms with van der Waals surface area (Å²) in [6.07, 6.45) is 4.04. The van der Waals surface area contributed by atoms with Crippen LogP contribution in [0.3, 0.4) is 0 Å². The topological polar surface area (TPSA) is 54.3 Å². The number of hydrogen-bond donors (Lipinski definition) is 2. The highest BCUT2D eigenvalue weighted by Gasteiger charge is 2.20. The number of amides is 1. The number of furan rings is 1. The van der Waals surface area contributed by atoms with Gasteiger partial charge in [0.05, 0.1) is 5.69 Å². The molecule has 0 aliphatic carbocycles. The molecule has 0 saturated carbocycles. The Morgan fingerprint density at radius 1 is 0.966 bits per heavy atom. The zero-order valence-corrected chi connectivity index (χ0v) is 16.3. The van der Waals surface area contributed by atoms with E-state index in [2.05, 4.69) is 10.6 Å². The van der Waals surface area contributed by atoms with E-state index < -0.39 is 0 Å². The van der Waals surface area contributed by atoms with Gasteiger partial charge in [0, 0.05) is 22.6 Å². The maximum absolute atomic E-state index is 12.9. The molecule has 5 heteroatoms. The van der Waals surface area contributed by atoms with E-state index in [1.165, 1.54) is 0 Å². The number of halogens is 1. The molecule has 0 fully saturated rings. The van der Waals surface area contributed by atoms with Crippen LogP contribution < -0.4 is 10.6 Å². The van der Waals surface area contributed by atoms with Gasteiger partial charge in [-0.25, -0.2) is 0 Å². The maximum atomic E-state index is 12.9. The van der Waals surface area contributed by atoms with Gasteiger partial charge < -0.3 is 15.1 Å². The largest absolute Gasteiger partial charge is 0.449 e. The quantitative estimate of drug-likeness (QED) is 0.389. The highest BCUT2D eigenvalue weighted by Crippen LogP contribution is 2.31. The summed E-state index contributed by atoms with van der Waals surface area (Å²) in [5.41, 5.74) is 3.04. The van der Waals surface area contributed by atoms with E-state index in [1.807, 2.05) is 66.7 Å². The number of fused-ring (bicyclic) bond motifs is 1. The van der Waals surface area contributed by atoms with Gasteiger partial charge in [0.15, 0.2) is 0 Å². The smallest absolute Gasteiger partial charge is 0.293 e. The second-order valence-electron chi connectivity index (χ2n) is 6.46. The molecule has 29 heavy (non-hydrogen) atoms. The third-order valence-corrected chi connectivity index (χ3v) is 4.63. The third kappa shape index (κ3) is 4.50. The molecule has 4 rings (SSSR count). The number of anilines is 2. The SMILES string of the molecule is O=C(Nc1cccc(Cl)c1)c1oc2ccccc2c1NC/C=C/c1ccccc1. The zero-order chi connectivity index (χ0) is 20.1. The van der Waals surface area contributed by atoms with Crippen LogP contribution in [-0.4, -0.2) is 12.5 Å². The van der Waals surface area contributed by atoms with Crippen LogP contribution in [-0.2, 0) is 0 Å².